The van der Waals surface area contributed by atoms with Crippen molar-refractivity contribution < 1.29 is 13.6 Å². The van der Waals surface area contributed by atoms with Crippen molar-refractivity contribution >= 4 is 18.6 Å². The molecule has 0 radical (unpaired) electrons. The van der Waals surface area contributed by atoms with Crippen LogP contribution in [0, 0.1) is 0 Å². The van der Waals surface area contributed by atoms with Gasteiger partial charge in [-0.15, -0.1) is 0 Å². The summed E-state index contributed by atoms with van der Waals surface area (Å²) in [7, 11) is -3.18. The summed E-state index contributed by atoms with van der Waals surface area (Å²) in [4.78, 5) is 0. The minimum Gasteiger partial charge on any atom is -0.380 e. The summed E-state index contributed by atoms with van der Waals surface area (Å²) >= 11 is 0. The third-order valence-electron chi connectivity index (χ3n) is 3.15. The minimum atomic E-state index is -3.18. The molecule has 0 unspecified atom stereocenters. The van der Waals surface area contributed by atoms with Crippen LogP contribution in [0.25, 0.3) is 0 Å². The predicted octanol–water partition coefficient (Wildman–Crippen LogP) is 4.18. The summed E-state index contributed by atoms with van der Waals surface area (Å²) in [6.07, 6.45) is 1.02. The standard InChI is InChI=1S/C15H26NO3P/c1-6-15(4,5)16-13-9-11-14(12-10-13)20(17,18-7-2)19-8-3/h9-12,16H,6-8H2,1-5H3. The summed E-state index contributed by atoms with van der Waals surface area (Å²) in [5, 5.41) is 4.04. The van der Waals surface area contributed by atoms with E-state index in [1.165, 1.54) is 0 Å². The fourth-order valence-corrected chi connectivity index (χ4v) is 3.30. The summed E-state index contributed by atoms with van der Waals surface area (Å²) < 4.78 is 23.3. The van der Waals surface area contributed by atoms with Gasteiger partial charge in [-0.3, -0.25) is 4.57 Å². The second-order valence-electron chi connectivity index (χ2n) is 5.24. The van der Waals surface area contributed by atoms with E-state index in [4.69, 9.17) is 9.05 Å². The van der Waals surface area contributed by atoms with Crippen LogP contribution >= 0.6 is 7.60 Å². The maximum absolute atomic E-state index is 12.6. The fraction of sp³-hybridized carbons (Fsp3) is 0.600. The van der Waals surface area contributed by atoms with Gasteiger partial charge in [0.05, 0.1) is 18.5 Å². The van der Waals surface area contributed by atoms with Crippen molar-refractivity contribution in [3.05, 3.63) is 24.3 Å². The van der Waals surface area contributed by atoms with Gasteiger partial charge in [0.1, 0.15) is 0 Å². The van der Waals surface area contributed by atoms with Crippen molar-refractivity contribution in [3.63, 3.8) is 0 Å². The molecule has 1 aromatic carbocycles. The SMILES string of the molecule is CCOP(=O)(OCC)c1ccc(NC(C)(C)CC)cc1. The highest BCUT2D eigenvalue weighted by atomic mass is 31.2. The second kappa shape index (κ2) is 7.26. The van der Waals surface area contributed by atoms with E-state index < -0.39 is 7.60 Å². The fourth-order valence-electron chi connectivity index (χ4n) is 1.73. The van der Waals surface area contributed by atoms with Crippen molar-refractivity contribution in [1.82, 2.24) is 0 Å². The topological polar surface area (TPSA) is 47.6 Å². The van der Waals surface area contributed by atoms with Gasteiger partial charge in [0, 0.05) is 11.2 Å². The largest absolute Gasteiger partial charge is 0.380 e. The first kappa shape index (κ1) is 17.2. The molecule has 20 heavy (non-hydrogen) atoms. The number of rotatable bonds is 8. The molecule has 5 heteroatoms. The van der Waals surface area contributed by atoms with E-state index in [0.717, 1.165) is 12.1 Å². The predicted molar refractivity (Wildman–Crippen MR) is 84.9 cm³/mol. The summed E-state index contributed by atoms with van der Waals surface area (Å²) in [6.45, 7) is 10.8. The molecule has 0 aliphatic carbocycles. The van der Waals surface area contributed by atoms with E-state index in [9.17, 15) is 4.57 Å². The Hall–Kier alpha value is -0.830. The molecule has 0 bridgehead atoms. The molecular weight excluding hydrogens is 273 g/mol. The molecule has 0 saturated carbocycles. The Bertz CT molecular complexity index is 447. The van der Waals surface area contributed by atoms with Crippen molar-refractivity contribution in [1.29, 1.82) is 0 Å². The Labute approximate surface area is 122 Å². The number of hydrogen-bond donors (Lipinski definition) is 1. The van der Waals surface area contributed by atoms with Crippen LogP contribution in [0.15, 0.2) is 24.3 Å². The Morgan fingerprint density at radius 1 is 1.05 bits per heavy atom. The highest BCUT2D eigenvalue weighted by molar-refractivity contribution is 7.62. The molecule has 0 saturated heterocycles. The zero-order valence-corrected chi connectivity index (χ0v) is 14.0. The molecule has 0 aliphatic rings. The van der Waals surface area contributed by atoms with Crippen LogP contribution in [0.4, 0.5) is 5.69 Å². The Balaban J connectivity index is 2.91. The quantitative estimate of drug-likeness (QED) is 0.732. The molecule has 0 heterocycles. The van der Waals surface area contributed by atoms with Crippen LogP contribution < -0.4 is 10.6 Å². The van der Waals surface area contributed by atoms with E-state index in [0.29, 0.717) is 18.5 Å². The zero-order chi connectivity index (χ0) is 15.2. The number of hydrogen-bond acceptors (Lipinski definition) is 4. The van der Waals surface area contributed by atoms with E-state index in [1.807, 2.05) is 26.0 Å². The molecule has 0 spiro atoms. The average molecular weight is 299 g/mol. The normalized spacial score (nSPS) is 12.4. The molecule has 4 nitrogen and oxygen atoms in total. The van der Waals surface area contributed by atoms with Crippen molar-refractivity contribution in [2.75, 3.05) is 18.5 Å². The van der Waals surface area contributed by atoms with Crippen LogP contribution in [0.3, 0.4) is 0 Å². The zero-order valence-electron chi connectivity index (χ0n) is 13.1. The second-order valence-corrected chi connectivity index (χ2v) is 7.27. The van der Waals surface area contributed by atoms with Crippen LogP contribution in [-0.4, -0.2) is 18.8 Å². The maximum Gasteiger partial charge on any atom is 0.361 e. The van der Waals surface area contributed by atoms with Crippen molar-refractivity contribution in [2.24, 2.45) is 0 Å². The van der Waals surface area contributed by atoms with Gasteiger partial charge in [-0.2, -0.15) is 0 Å². The first-order chi connectivity index (χ1) is 9.37. The van der Waals surface area contributed by atoms with Gasteiger partial charge in [0.25, 0.3) is 0 Å². The number of benzene rings is 1. The first-order valence-corrected chi connectivity index (χ1v) is 8.69. The van der Waals surface area contributed by atoms with E-state index in [2.05, 4.69) is 26.1 Å². The van der Waals surface area contributed by atoms with Crippen LogP contribution in [0.5, 0.6) is 0 Å². The molecule has 0 atom stereocenters. The molecule has 0 amide bonds. The lowest BCUT2D eigenvalue weighted by Gasteiger charge is -2.26. The first-order valence-electron chi connectivity index (χ1n) is 7.14. The van der Waals surface area contributed by atoms with E-state index >= 15 is 0 Å². The van der Waals surface area contributed by atoms with Crippen LogP contribution in [0.1, 0.15) is 41.0 Å². The average Bonchev–Trinajstić information content (AvgIpc) is 2.39. The van der Waals surface area contributed by atoms with Gasteiger partial charge in [0.15, 0.2) is 0 Å². The molecule has 0 fully saturated rings. The molecule has 1 aromatic rings. The molecule has 0 aromatic heterocycles. The summed E-state index contributed by atoms with van der Waals surface area (Å²) in [5.74, 6) is 0. The van der Waals surface area contributed by atoms with E-state index in [-0.39, 0.29) is 5.54 Å². The highest BCUT2D eigenvalue weighted by Crippen LogP contribution is 2.46. The monoisotopic (exact) mass is 299 g/mol. The van der Waals surface area contributed by atoms with Crippen LogP contribution in [-0.2, 0) is 13.6 Å². The van der Waals surface area contributed by atoms with Gasteiger partial charge >= 0.3 is 7.60 Å². The molecule has 1 rings (SSSR count). The molecule has 114 valence electrons. The van der Waals surface area contributed by atoms with E-state index in [1.54, 1.807) is 12.1 Å². The Morgan fingerprint density at radius 2 is 1.55 bits per heavy atom. The Morgan fingerprint density at radius 3 is 1.95 bits per heavy atom. The number of nitrogens with one attached hydrogen (secondary N) is 1. The van der Waals surface area contributed by atoms with Gasteiger partial charge in [-0.05, 0) is 58.4 Å². The molecule has 0 aliphatic heterocycles. The van der Waals surface area contributed by atoms with Crippen LogP contribution in [0.2, 0.25) is 0 Å². The molecule has 1 N–H and O–H groups in total. The van der Waals surface area contributed by atoms with Gasteiger partial charge in [-0.1, -0.05) is 6.92 Å². The number of anilines is 1. The Kier molecular flexibility index (Phi) is 6.25. The van der Waals surface area contributed by atoms with Crippen molar-refractivity contribution in [3.8, 4) is 0 Å². The lowest BCUT2D eigenvalue weighted by atomic mass is 10.0. The smallest absolute Gasteiger partial charge is 0.361 e. The minimum absolute atomic E-state index is 0.0328. The third-order valence-corrected chi connectivity index (χ3v) is 5.28. The van der Waals surface area contributed by atoms with Gasteiger partial charge in [-0.25, -0.2) is 0 Å². The third kappa shape index (κ3) is 4.62. The van der Waals surface area contributed by atoms with Gasteiger partial charge in [0.2, 0.25) is 0 Å². The van der Waals surface area contributed by atoms with Crippen molar-refractivity contribution in [2.45, 2.75) is 46.6 Å². The lowest BCUT2D eigenvalue weighted by molar-refractivity contribution is 0.230. The maximum atomic E-state index is 12.6. The highest BCUT2D eigenvalue weighted by Gasteiger charge is 2.26. The summed E-state index contributed by atoms with van der Waals surface area (Å²) in [5.41, 5.74) is 1.03. The lowest BCUT2D eigenvalue weighted by Crippen LogP contribution is -2.29. The summed E-state index contributed by atoms with van der Waals surface area (Å²) in [6, 6.07) is 7.44. The molecular formula is C15H26NO3P. The van der Waals surface area contributed by atoms with Gasteiger partial charge < -0.3 is 14.4 Å².